The molecule has 2 aliphatic rings. The number of allylic oxidation sites excluding steroid dienone is 1. The van der Waals surface area contributed by atoms with Gasteiger partial charge in [0, 0.05) is 28.8 Å². The first-order valence-corrected chi connectivity index (χ1v) is 12.9. The van der Waals surface area contributed by atoms with Crippen LogP contribution in [0.15, 0.2) is 50.0 Å². The third-order valence-electron chi connectivity index (χ3n) is 5.20. The van der Waals surface area contributed by atoms with E-state index in [0.717, 1.165) is 16.2 Å². The zero-order chi connectivity index (χ0) is 25.4. The van der Waals surface area contributed by atoms with Crippen molar-refractivity contribution >= 4 is 69.1 Å². The van der Waals surface area contributed by atoms with Crippen LogP contribution in [-0.2, 0) is 14.4 Å². The lowest BCUT2D eigenvalue weighted by Gasteiger charge is -2.49. The molecular formula is C20H15N7O6S3. The number of nitrogens with two attached hydrogens (primary N) is 1. The predicted molar refractivity (Wildman–Crippen MR) is 131 cm³/mol. The molecule has 2 aliphatic heterocycles. The number of amides is 2. The Morgan fingerprint density at radius 2 is 2.17 bits per heavy atom. The Morgan fingerprint density at radius 3 is 2.83 bits per heavy atom. The highest BCUT2D eigenvalue weighted by atomic mass is 32.2. The van der Waals surface area contributed by atoms with E-state index in [4.69, 9.17) is 10.3 Å². The van der Waals surface area contributed by atoms with E-state index in [0.29, 0.717) is 22.0 Å². The number of nitrogen functional groups attached to an aromatic ring is 1. The van der Waals surface area contributed by atoms with E-state index in [9.17, 15) is 24.7 Å². The second-order valence-corrected chi connectivity index (χ2v) is 10.2. The van der Waals surface area contributed by atoms with E-state index in [2.05, 4.69) is 25.6 Å². The van der Waals surface area contributed by atoms with Crippen LogP contribution in [0.1, 0.15) is 11.5 Å². The molecule has 5 N–H and O–H groups in total. The van der Waals surface area contributed by atoms with Gasteiger partial charge in [-0.2, -0.15) is 0 Å². The van der Waals surface area contributed by atoms with Crippen LogP contribution >= 0.6 is 34.4 Å². The van der Waals surface area contributed by atoms with E-state index in [1.807, 2.05) is 5.38 Å². The van der Waals surface area contributed by atoms with Crippen molar-refractivity contribution in [2.24, 2.45) is 5.16 Å². The number of hydrogen-bond acceptors (Lipinski definition) is 13. The molecule has 0 aliphatic carbocycles. The standard InChI is InChI=1S/C20H15N7O6S3/c21-20-23-11(7-36-20)12(25-32)15(28)24-13-17(29)27-14(19(30)31)8(6-35-18(13)27)1-2-9-5-10(26-33-9)16-22-3-4-34-16/h1-5,7,13,18,32H,6H2,(H2,21,23)(H,24,28)(H,30,31)/b2-1+,25-12-/t13-,18-/m1/s1. The maximum absolute atomic E-state index is 12.9. The number of thiazole rings is 2. The second kappa shape index (κ2) is 9.56. The Bertz CT molecular complexity index is 1440. The number of aromatic nitrogens is 3. The van der Waals surface area contributed by atoms with Gasteiger partial charge in [0.1, 0.15) is 33.5 Å². The number of fused-ring (bicyclic) bond motifs is 1. The summed E-state index contributed by atoms with van der Waals surface area (Å²) in [5.41, 5.74) is 5.97. The summed E-state index contributed by atoms with van der Waals surface area (Å²) in [6, 6.07) is 0.663. The van der Waals surface area contributed by atoms with Crippen molar-refractivity contribution in [2.75, 3.05) is 11.5 Å². The van der Waals surface area contributed by atoms with Gasteiger partial charge in [0.25, 0.3) is 11.8 Å². The molecule has 13 nitrogen and oxygen atoms in total. The van der Waals surface area contributed by atoms with Gasteiger partial charge < -0.3 is 25.9 Å². The molecule has 0 unspecified atom stereocenters. The van der Waals surface area contributed by atoms with E-state index >= 15 is 0 Å². The lowest BCUT2D eigenvalue weighted by molar-refractivity contribution is -0.150. The van der Waals surface area contributed by atoms with Crippen LogP contribution in [0, 0.1) is 0 Å². The van der Waals surface area contributed by atoms with Gasteiger partial charge in [-0.15, -0.1) is 34.4 Å². The number of anilines is 1. The average Bonchev–Trinajstić information content (AvgIpc) is 3.63. The molecule has 1 saturated heterocycles. The zero-order valence-electron chi connectivity index (χ0n) is 17.9. The third kappa shape index (κ3) is 4.25. The third-order valence-corrected chi connectivity index (χ3v) is 7.97. The van der Waals surface area contributed by atoms with E-state index < -0.39 is 34.9 Å². The maximum atomic E-state index is 12.9. The molecule has 184 valence electrons. The van der Waals surface area contributed by atoms with Crippen molar-refractivity contribution in [3.05, 3.63) is 51.8 Å². The Kier molecular flexibility index (Phi) is 6.29. The van der Waals surface area contributed by atoms with Crippen LogP contribution in [0.2, 0.25) is 0 Å². The molecule has 0 bridgehead atoms. The number of carboxylic acids is 1. The average molecular weight is 546 g/mol. The molecule has 0 saturated carbocycles. The monoisotopic (exact) mass is 545 g/mol. The first-order chi connectivity index (χ1) is 17.4. The molecule has 0 radical (unpaired) electrons. The van der Waals surface area contributed by atoms with Gasteiger partial charge in [-0.05, 0) is 11.6 Å². The van der Waals surface area contributed by atoms with Crippen molar-refractivity contribution < 1.29 is 29.2 Å². The van der Waals surface area contributed by atoms with Crippen molar-refractivity contribution in [2.45, 2.75) is 11.4 Å². The van der Waals surface area contributed by atoms with Crippen LogP contribution < -0.4 is 11.1 Å². The quantitative estimate of drug-likeness (QED) is 0.145. The highest BCUT2D eigenvalue weighted by Gasteiger charge is 2.54. The van der Waals surface area contributed by atoms with E-state index in [-0.39, 0.29) is 22.3 Å². The minimum absolute atomic E-state index is 0.0569. The summed E-state index contributed by atoms with van der Waals surface area (Å²) in [6.07, 6.45) is 4.77. The van der Waals surface area contributed by atoms with Crippen molar-refractivity contribution in [3.8, 4) is 10.7 Å². The number of nitrogens with zero attached hydrogens (tertiary/aromatic N) is 5. The Morgan fingerprint density at radius 1 is 1.33 bits per heavy atom. The zero-order valence-corrected chi connectivity index (χ0v) is 20.3. The molecule has 3 aromatic heterocycles. The second-order valence-electron chi connectivity index (χ2n) is 7.34. The number of carbonyl (C=O) groups is 3. The number of hydrogen-bond donors (Lipinski definition) is 4. The molecule has 16 heteroatoms. The largest absolute Gasteiger partial charge is 0.477 e. The fourth-order valence-corrected chi connectivity index (χ4v) is 6.05. The molecule has 2 atom stereocenters. The van der Waals surface area contributed by atoms with Crippen LogP contribution in [-0.4, -0.2) is 71.0 Å². The first-order valence-electron chi connectivity index (χ1n) is 10.1. The Balaban J connectivity index is 1.32. The minimum atomic E-state index is -1.28. The highest BCUT2D eigenvalue weighted by molar-refractivity contribution is 8.00. The Hall–Kier alpha value is -4.02. The number of rotatable bonds is 7. The van der Waals surface area contributed by atoms with Crippen molar-refractivity contribution in [1.82, 2.24) is 25.3 Å². The lowest BCUT2D eigenvalue weighted by atomic mass is 10.0. The number of aliphatic carboxylic acids is 1. The number of thioether (sulfide) groups is 1. The SMILES string of the molecule is Nc1nc(/C(=N/O)C(=O)N[C@@H]2C(=O)N3C(C(=O)O)=C(/C=C/c4cc(-c5nccs5)no4)CS[C@H]23)cs1. The van der Waals surface area contributed by atoms with Gasteiger partial charge in [0.15, 0.2) is 16.6 Å². The fourth-order valence-electron chi connectivity index (χ4n) is 3.59. The summed E-state index contributed by atoms with van der Waals surface area (Å²) >= 11 is 3.74. The van der Waals surface area contributed by atoms with Gasteiger partial charge >= 0.3 is 5.97 Å². The minimum Gasteiger partial charge on any atom is -0.477 e. The molecule has 2 amide bonds. The van der Waals surface area contributed by atoms with Crippen LogP contribution in [0.5, 0.6) is 0 Å². The van der Waals surface area contributed by atoms with Crippen LogP contribution in [0.25, 0.3) is 16.8 Å². The smallest absolute Gasteiger partial charge is 0.352 e. The molecule has 1 fully saturated rings. The van der Waals surface area contributed by atoms with Gasteiger partial charge in [0.2, 0.25) is 0 Å². The molecule has 0 spiro atoms. The summed E-state index contributed by atoms with van der Waals surface area (Å²) in [4.78, 5) is 46.7. The summed E-state index contributed by atoms with van der Waals surface area (Å²) in [5.74, 6) is -2.08. The molecule has 5 rings (SSSR count). The van der Waals surface area contributed by atoms with Gasteiger partial charge in [0.05, 0.1) is 0 Å². The molecule has 5 heterocycles. The summed E-state index contributed by atoms with van der Waals surface area (Å²) in [7, 11) is 0. The van der Waals surface area contributed by atoms with Gasteiger partial charge in [-0.3, -0.25) is 14.5 Å². The van der Waals surface area contributed by atoms with Crippen LogP contribution in [0.4, 0.5) is 5.13 Å². The fraction of sp³-hybridized carbons (Fsp3) is 0.150. The summed E-state index contributed by atoms with van der Waals surface area (Å²) < 4.78 is 5.27. The topological polar surface area (TPSA) is 197 Å². The normalized spacial score (nSPS) is 19.9. The van der Waals surface area contributed by atoms with E-state index in [1.165, 1.54) is 28.5 Å². The van der Waals surface area contributed by atoms with Gasteiger partial charge in [-0.1, -0.05) is 16.4 Å². The predicted octanol–water partition coefficient (Wildman–Crippen LogP) is 1.47. The number of nitrogens with one attached hydrogen (secondary N) is 1. The van der Waals surface area contributed by atoms with Crippen molar-refractivity contribution in [3.63, 3.8) is 0 Å². The lowest BCUT2D eigenvalue weighted by Crippen LogP contribution is -2.71. The molecule has 36 heavy (non-hydrogen) atoms. The number of carboxylic acid groups (broad SMARTS) is 1. The van der Waals surface area contributed by atoms with Gasteiger partial charge in [-0.25, -0.2) is 14.8 Å². The van der Waals surface area contributed by atoms with Crippen molar-refractivity contribution in [1.29, 1.82) is 0 Å². The first kappa shape index (κ1) is 23.7. The number of oxime groups is 1. The molecule has 0 aromatic carbocycles. The maximum Gasteiger partial charge on any atom is 0.352 e. The molecular weight excluding hydrogens is 530 g/mol. The molecule has 3 aromatic rings. The number of β-lactam (4-membered cyclic amide) rings is 1. The summed E-state index contributed by atoms with van der Waals surface area (Å²) in [5, 5.41) is 32.0. The Labute approximate surface area is 214 Å². The highest BCUT2D eigenvalue weighted by Crippen LogP contribution is 2.41. The van der Waals surface area contributed by atoms with E-state index in [1.54, 1.807) is 24.4 Å². The number of carbonyl (C=O) groups excluding carboxylic acids is 2. The summed E-state index contributed by atoms with van der Waals surface area (Å²) in [6.45, 7) is 0. The van der Waals surface area contributed by atoms with Crippen LogP contribution in [0.3, 0.4) is 0 Å².